The average Bonchev–Trinajstić information content (AvgIpc) is 3.05. The van der Waals surface area contributed by atoms with Crippen LogP contribution in [-0.2, 0) is 16.1 Å². The van der Waals surface area contributed by atoms with Crippen molar-refractivity contribution in [3.8, 4) is 0 Å². The number of benzene rings is 2. The molecule has 9 heteroatoms. The number of hydrogen-bond donors (Lipinski definition) is 1. The zero-order valence-corrected chi connectivity index (χ0v) is 20.1. The van der Waals surface area contributed by atoms with Crippen molar-refractivity contribution in [3.05, 3.63) is 86.0 Å². The van der Waals surface area contributed by atoms with Gasteiger partial charge in [-0.25, -0.2) is 0 Å². The number of pyridine rings is 1. The Bertz CT molecular complexity index is 1350. The van der Waals surface area contributed by atoms with Gasteiger partial charge in [-0.1, -0.05) is 72.0 Å². The predicted octanol–water partition coefficient (Wildman–Crippen LogP) is 4.43. The molecule has 0 unspecified atom stereocenters. The van der Waals surface area contributed by atoms with Gasteiger partial charge in [-0.05, 0) is 29.3 Å². The maximum absolute atomic E-state index is 12.8. The Morgan fingerprint density at radius 2 is 1.91 bits per heavy atom. The molecule has 2 heterocycles. The quantitative estimate of drug-likeness (QED) is 0.403. The predicted molar refractivity (Wildman–Crippen MR) is 137 cm³/mol. The van der Waals surface area contributed by atoms with E-state index in [1.54, 1.807) is 24.1 Å². The molecule has 1 fully saturated rings. The molecule has 1 N–H and O–H groups in total. The molecule has 0 aliphatic carbocycles. The first-order valence-corrected chi connectivity index (χ1v) is 11.8. The monoisotopic (exact) mass is 497 g/mol. The van der Waals surface area contributed by atoms with Crippen LogP contribution in [0.25, 0.3) is 17.0 Å². The van der Waals surface area contributed by atoms with Gasteiger partial charge < -0.3 is 9.88 Å². The highest BCUT2D eigenvalue weighted by Crippen LogP contribution is 2.33. The van der Waals surface area contributed by atoms with Gasteiger partial charge in [0, 0.05) is 48.5 Å². The number of aromatic amines is 1. The lowest BCUT2D eigenvalue weighted by atomic mass is 10.1. The Hall–Kier alpha value is -2.94. The van der Waals surface area contributed by atoms with E-state index >= 15 is 0 Å². The minimum atomic E-state index is -0.235. The van der Waals surface area contributed by atoms with Gasteiger partial charge in [-0.15, -0.1) is 0 Å². The molecular formula is C24H20ClN3O3S2. The smallest absolute Gasteiger partial charge is 0.266 e. The standard InChI is InChI=1S/C24H20ClN3O3S2/c1-27(14-16-13-21(29)26-19-9-5-3-7-17(16)19)22(30)10-11-28-23(31)20(33-24(28)32)12-15-6-2-4-8-18(15)25/h2-9,12-13H,10-11,14H2,1H3,(H,26,29)/b20-12-. The van der Waals surface area contributed by atoms with E-state index in [1.807, 2.05) is 42.5 Å². The fourth-order valence-corrected chi connectivity index (χ4v) is 5.07. The van der Waals surface area contributed by atoms with Gasteiger partial charge in [0.15, 0.2) is 0 Å². The van der Waals surface area contributed by atoms with Gasteiger partial charge >= 0.3 is 0 Å². The number of thiocarbonyl (C=S) groups is 1. The van der Waals surface area contributed by atoms with Crippen molar-refractivity contribution in [3.63, 3.8) is 0 Å². The molecule has 2 aromatic carbocycles. The maximum atomic E-state index is 12.8. The molecule has 0 atom stereocenters. The lowest BCUT2D eigenvalue weighted by Gasteiger charge is -2.20. The third-order valence-corrected chi connectivity index (χ3v) is 7.01. The van der Waals surface area contributed by atoms with Crippen molar-refractivity contribution < 1.29 is 9.59 Å². The first kappa shape index (κ1) is 23.2. The molecule has 168 valence electrons. The van der Waals surface area contributed by atoms with Crippen LogP contribution >= 0.6 is 35.6 Å². The zero-order valence-electron chi connectivity index (χ0n) is 17.7. The molecule has 1 saturated heterocycles. The average molecular weight is 498 g/mol. The maximum Gasteiger partial charge on any atom is 0.266 e. The van der Waals surface area contributed by atoms with E-state index in [0.29, 0.717) is 14.2 Å². The Balaban J connectivity index is 1.42. The number of halogens is 1. The van der Waals surface area contributed by atoms with E-state index < -0.39 is 0 Å². The molecule has 2 amide bonds. The van der Waals surface area contributed by atoms with Crippen LogP contribution in [-0.4, -0.2) is 44.5 Å². The van der Waals surface area contributed by atoms with Crippen molar-refractivity contribution in [2.75, 3.05) is 13.6 Å². The highest BCUT2D eigenvalue weighted by Gasteiger charge is 2.32. The number of fused-ring (bicyclic) bond motifs is 1. The zero-order chi connectivity index (χ0) is 23.5. The van der Waals surface area contributed by atoms with Crippen molar-refractivity contribution in [1.82, 2.24) is 14.8 Å². The Morgan fingerprint density at radius 1 is 1.18 bits per heavy atom. The Morgan fingerprint density at radius 3 is 2.70 bits per heavy atom. The van der Waals surface area contributed by atoms with Crippen LogP contribution in [0.15, 0.2) is 64.3 Å². The topological polar surface area (TPSA) is 73.5 Å². The highest BCUT2D eigenvalue weighted by atomic mass is 35.5. The van der Waals surface area contributed by atoms with Crippen molar-refractivity contribution in [1.29, 1.82) is 0 Å². The third kappa shape index (κ3) is 5.19. The van der Waals surface area contributed by atoms with E-state index in [1.165, 1.54) is 22.7 Å². The fraction of sp³-hybridized carbons (Fsp3) is 0.167. The van der Waals surface area contributed by atoms with E-state index in [-0.39, 0.29) is 36.9 Å². The fourth-order valence-electron chi connectivity index (χ4n) is 3.58. The second kappa shape index (κ2) is 9.91. The molecule has 0 saturated carbocycles. The molecular weight excluding hydrogens is 478 g/mol. The van der Waals surface area contributed by atoms with Gasteiger partial charge in [-0.2, -0.15) is 0 Å². The molecule has 6 nitrogen and oxygen atoms in total. The number of para-hydroxylation sites is 1. The number of nitrogens with one attached hydrogen (secondary N) is 1. The summed E-state index contributed by atoms with van der Waals surface area (Å²) in [6, 6.07) is 16.2. The first-order chi connectivity index (χ1) is 15.8. The summed E-state index contributed by atoms with van der Waals surface area (Å²) in [5, 5.41) is 1.44. The molecule has 33 heavy (non-hydrogen) atoms. The van der Waals surface area contributed by atoms with E-state index in [4.69, 9.17) is 23.8 Å². The number of amides is 2. The number of rotatable bonds is 6. The normalized spacial score (nSPS) is 15.0. The molecule has 1 aromatic heterocycles. The number of carbonyl (C=O) groups is 2. The van der Waals surface area contributed by atoms with E-state index in [9.17, 15) is 14.4 Å². The summed E-state index contributed by atoms with van der Waals surface area (Å²) in [5.41, 5.74) is 2.01. The second-order valence-electron chi connectivity index (χ2n) is 7.56. The van der Waals surface area contributed by atoms with Gasteiger partial charge in [-0.3, -0.25) is 19.3 Å². The summed E-state index contributed by atoms with van der Waals surface area (Å²) in [7, 11) is 1.68. The number of H-pyrrole nitrogens is 1. The van der Waals surface area contributed by atoms with Crippen LogP contribution in [0, 0.1) is 0 Å². The van der Waals surface area contributed by atoms with Crippen molar-refractivity contribution >= 4 is 68.7 Å². The summed E-state index contributed by atoms with van der Waals surface area (Å²) in [6.45, 7) is 0.470. The molecule has 0 spiro atoms. The number of nitrogens with zero attached hydrogens (tertiary/aromatic N) is 2. The van der Waals surface area contributed by atoms with Gasteiger partial charge in [0.25, 0.3) is 5.91 Å². The van der Waals surface area contributed by atoms with Crippen LogP contribution in [0.1, 0.15) is 17.5 Å². The van der Waals surface area contributed by atoms with Crippen LogP contribution in [0.4, 0.5) is 0 Å². The van der Waals surface area contributed by atoms with Crippen LogP contribution in [0.3, 0.4) is 0 Å². The van der Waals surface area contributed by atoms with Crippen molar-refractivity contribution in [2.24, 2.45) is 0 Å². The lowest BCUT2D eigenvalue weighted by molar-refractivity contribution is -0.131. The second-order valence-corrected chi connectivity index (χ2v) is 9.64. The minimum absolute atomic E-state index is 0.115. The summed E-state index contributed by atoms with van der Waals surface area (Å²) >= 11 is 12.8. The van der Waals surface area contributed by atoms with Crippen molar-refractivity contribution in [2.45, 2.75) is 13.0 Å². The van der Waals surface area contributed by atoms with Crippen LogP contribution in [0.2, 0.25) is 5.02 Å². The Labute approximate surface area is 205 Å². The summed E-state index contributed by atoms with van der Waals surface area (Å²) in [6.07, 6.45) is 1.83. The SMILES string of the molecule is CN(Cc1cc(=O)[nH]c2ccccc12)C(=O)CCN1C(=O)/C(=C/c2ccccc2Cl)SC1=S. The molecule has 0 bridgehead atoms. The van der Waals surface area contributed by atoms with E-state index in [0.717, 1.165) is 22.0 Å². The van der Waals surface area contributed by atoms with Crippen LogP contribution < -0.4 is 5.56 Å². The number of carbonyl (C=O) groups excluding carboxylic acids is 2. The first-order valence-electron chi connectivity index (χ1n) is 10.2. The summed E-state index contributed by atoms with van der Waals surface area (Å²) in [4.78, 5) is 43.9. The highest BCUT2D eigenvalue weighted by molar-refractivity contribution is 8.26. The number of aromatic nitrogens is 1. The lowest BCUT2D eigenvalue weighted by Crippen LogP contribution is -2.34. The van der Waals surface area contributed by atoms with Crippen LogP contribution in [0.5, 0.6) is 0 Å². The number of thioether (sulfide) groups is 1. The summed E-state index contributed by atoms with van der Waals surface area (Å²) < 4.78 is 0.411. The van der Waals surface area contributed by atoms with Gasteiger partial charge in [0.1, 0.15) is 4.32 Å². The largest absolute Gasteiger partial charge is 0.341 e. The molecule has 4 rings (SSSR count). The molecule has 3 aromatic rings. The number of hydrogen-bond acceptors (Lipinski definition) is 5. The minimum Gasteiger partial charge on any atom is -0.341 e. The third-order valence-electron chi connectivity index (χ3n) is 5.28. The van der Waals surface area contributed by atoms with Gasteiger partial charge in [0.2, 0.25) is 11.5 Å². The molecule has 0 radical (unpaired) electrons. The molecule has 1 aliphatic rings. The summed E-state index contributed by atoms with van der Waals surface area (Å²) in [5.74, 6) is -0.385. The van der Waals surface area contributed by atoms with E-state index in [2.05, 4.69) is 4.98 Å². The Kier molecular flexibility index (Phi) is 6.97. The molecule has 1 aliphatic heterocycles. The van der Waals surface area contributed by atoms with Gasteiger partial charge in [0.05, 0.1) is 4.91 Å².